The van der Waals surface area contributed by atoms with E-state index in [2.05, 4.69) is 9.97 Å². The summed E-state index contributed by atoms with van der Waals surface area (Å²) in [7, 11) is 0. The quantitative estimate of drug-likeness (QED) is 0.876. The third-order valence-electron chi connectivity index (χ3n) is 2.64. The van der Waals surface area contributed by atoms with Crippen molar-refractivity contribution in [1.29, 1.82) is 0 Å². The molecular formula is C12H13F3N4. The van der Waals surface area contributed by atoms with Crippen molar-refractivity contribution in [3.63, 3.8) is 0 Å². The Bertz CT molecular complexity index is 608. The molecule has 0 saturated heterocycles. The summed E-state index contributed by atoms with van der Waals surface area (Å²) >= 11 is 0. The lowest BCUT2D eigenvalue weighted by molar-refractivity contribution is -0.136. The van der Waals surface area contributed by atoms with Crippen LogP contribution in [0, 0.1) is 0 Å². The molecule has 0 spiro atoms. The molecule has 19 heavy (non-hydrogen) atoms. The van der Waals surface area contributed by atoms with Gasteiger partial charge in [-0.3, -0.25) is 0 Å². The van der Waals surface area contributed by atoms with Crippen LogP contribution >= 0.6 is 0 Å². The van der Waals surface area contributed by atoms with E-state index in [1.807, 2.05) is 0 Å². The molecule has 7 heteroatoms. The van der Waals surface area contributed by atoms with Crippen LogP contribution in [0.4, 0.5) is 19.1 Å². The highest BCUT2D eigenvalue weighted by molar-refractivity contribution is 5.85. The highest BCUT2D eigenvalue weighted by atomic mass is 19.4. The maximum atomic E-state index is 12.9. The summed E-state index contributed by atoms with van der Waals surface area (Å²) in [5.74, 6) is -0.181. The normalized spacial score (nSPS) is 13.7. The first-order chi connectivity index (χ1) is 8.79. The summed E-state index contributed by atoms with van der Waals surface area (Å²) in [5, 5.41) is 0.335. The first-order valence-electron chi connectivity index (χ1n) is 5.67. The molecular weight excluding hydrogens is 257 g/mol. The van der Waals surface area contributed by atoms with Crippen LogP contribution in [0.5, 0.6) is 0 Å². The molecule has 2 rings (SSSR count). The molecule has 1 aromatic heterocycles. The third kappa shape index (κ3) is 2.76. The zero-order valence-electron chi connectivity index (χ0n) is 10.2. The van der Waals surface area contributed by atoms with Crippen LogP contribution in [0.15, 0.2) is 18.2 Å². The topological polar surface area (TPSA) is 77.8 Å². The van der Waals surface area contributed by atoms with Crippen LogP contribution in [0.2, 0.25) is 0 Å². The Morgan fingerprint density at radius 3 is 2.53 bits per heavy atom. The fourth-order valence-electron chi connectivity index (χ4n) is 1.92. The number of hydrogen-bond acceptors (Lipinski definition) is 4. The molecule has 1 unspecified atom stereocenters. The molecule has 1 aromatic carbocycles. The van der Waals surface area contributed by atoms with Gasteiger partial charge in [-0.2, -0.15) is 13.2 Å². The second-order valence-electron chi connectivity index (χ2n) is 4.41. The number of hydrogen-bond donors (Lipinski definition) is 2. The monoisotopic (exact) mass is 270 g/mol. The number of benzene rings is 1. The van der Waals surface area contributed by atoms with Crippen LogP contribution in [0.3, 0.4) is 0 Å². The summed E-state index contributed by atoms with van der Waals surface area (Å²) in [6, 6.07) is 3.62. The lowest BCUT2D eigenvalue weighted by atomic mass is 10.0. The van der Waals surface area contributed by atoms with Gasteiger partial charge in [-0.15, -0.1) is 0 Å². The summed E-state index contributed by atoms with van der Waals surface area (Å²) in [5.41, 5.74) is 10.6. The number of para-hydroxylation sites is 1. The zero-order chi connectivity index (χ0) is 14.2. The predicted octanol–water partition coefficient (Wildman–Crippen LogP) is 2.12. The van der Waals surface area contributed by atoms with Crippen molar-refractivity contribution in [2.45, 2.75) is 25.6 Å². The smallest absolute Gasteiger partial charge is 0.368 e. The summed E-state index contributed by atoms with van der Waals surface area (Å²) < 4.78 is 38.8. The van der Waals surface area contributed by atoms with Crippen LogP contribution in [0.25, 0.3) is 10.9 Å². The van der Waals surface area contributed by atoms with Gasteiger partial charge in [0.15, 0.2) is 0 Å². The molecule has 0 aliphatic carbocycles. The highest BCUT2D eigenvalue weighted by Crippen LogP contribution is 2.34. The molecule has 4 nitrogen and oxygen atoms in total. The Morgan fingerprint density at radius 2 is 1.95 bits per heavy atom. The van der Waals surface area contributed by atoms with E-state index in [1.54, 1.807) is 13.0 Å². The van der Waals surface area contributed by atoms with E-state index in [1.165, 1.54) is 6.07 Å². The number of nitrogens with two attached hydrogens (primary N) is 2. The van der Waals surface area contributed by atoms with Gasteiger partial charge in [0.1, 0.15) is 0 Å². The Morgan fingerprint density at radius 1 is 1.26 bits per heavy atom. The molecule has 0 bridgehead atoms. The molecule has 4 N–H and O–H groups in total. The molecule has 2 aromatic rings. The first kappa shape index (κ1) is 13.5. The minimum Gasteiger partial charge on any atom is -0.368 e. The minimum absolute atomic E-state index is 0.181. The van der Waals surface area contributed by atoms with Crippen molar-refractivity contribution >= 4 is 16.9 Å². The van der Waals surface area contributed by atoms with Crippen LogP contribution in [-0.2, 0) is 12.6 Å². The Hall–Kier alpha value is -1.89. The molecule has 0 aliphatic rings. The molecule has 0 radical (unpaired) electrons. The van der Waals surface area contributed by atoms with Gasteiger partial charge in [0.2, 0.25) is 5.95 Å². The third-order valence-corrected chi connectivity index (χ3v) is 2.64. The standard InChI is InChI=1S/C12H13F3N4/c1-6(16)5-9-7-3-2-4-8(12(13,14)15)10(7)19-11(17)18-9/h2-4,6H,5,16H2,1H3,(H2,17,18,19). The first-order valence-corrected chi connectivity index (χ1v) is 5.67. The number of rotatable bonds is 2. The molecule has 1 heterocycles. The number of alkyl halides is 3. The van der Waals surface area contributed by atoms with E-state index >= 15 is 0 Å². The van der Waals surface area contributed by atoms with E-state index in [0.717, 1.165) is 6.07 Å². The summed E-state index contributed by atoms with van der Waals surface area (Å²) in [6.45, 7) is 1.75. The van der Waals surface area contributed by atoms with Gasteiger partial charge in [0.25, 0.3) is 0 Å². The van der Waals surface area contributed by atoms with Crippen molar-refractivity contribution in [3.05, 3.63) is 29.5 Å². The number of aromatic nitrogens is 2. The van der Waals surface area contributed by atoms with Gasteiger partial charge in [-0.25, -0.2) is 9.97 Å². The van der Waals surface area contributed by atoms with Crippen LogP contribution < -0.4 is 11.5 Å². The molecule has 102 valence electrons. The van der Waals surface area contributed by atoms with Crippen molar-refractivity contribution < 1.29 is 13.2 Å². The highest BCUT2D eigenvalue weighted by Gasteiger charge is 2.33. The number of nitrogen functional groups attached to an aromatic ring is 1. The van der Waals surface area contributed by atoms with Crippen LogP contribution in [0.1, 0.15) is 18.2 Å². The van der Waals surface area contributed by atoms with Gasteiger partial charge >= 0.3 is 6.18 Å². The fourth-order valence-corrected chi connectivity index (χ4v) is 1.92. The SMILES string of the molecule is CC(N)Cc1nc(N)nc2c(C(F)(F)F)cccc12. The molecule has 0 saturated carbocycles. The molecule has 0 fully saturated rings. The molecule has 0 aliphatic heterocycles. The Kier molecular flexibility index (Phi) is 3.32. The number of halogens is 3. The molecule has 1 atom stereocenters. The minimum atomic E-state index is -4.48. The Labute approximate surface area is 107 Å². The van der Waals surface area contributed by atoms with Crippen molar-refractivity contribution in [2.24, 2.45) is 5.73 Å². The number of fused-ring (bicyclic) bond motifs is 1. The summed E-state index contributed by atoms with van der Waals surface area (Å²) in [4.78, 5) is 7.70. The average Bonchev–Trinajstić information content (AvgIpc) is 2.25. The van der Waals surface area contributed by atoms with Crippen molar-refractivity contribution in [3.8, 4) is 0 Å². The lowest BCUT2D eigenvalue weighted by Gasteiger charge is -2.13. The Balaban J connectivity index is 2.74. The van der Waals surface area contributed by atoms with Gasteiger partial charge in [-0.05, 0) is 13.0 Å². The van der Waals surface area contributed by atoms with Gasteiger partial charge in [-0.1, -0.05) is 12.1 Å². The number of anilines is 1. The van der Waals surface area contributed by atoms with E-state index in [4.69, 9.17) is 11.5 Å². The maximum Gasteiger partial charge on any atom is 0.418 e. The van der Waals surface area contributed by atoms with E-state index in [-0.39, 0.29) is 17.5 Å². The predicted molar refractivity (Wildman–Crippen MR) is 66.3 cm³/mol. The second kappa shape index (κ2) is 4.65. The van der Waals surface area contributed by atoms with Crippen molar-refractivity contribution in [1.82, 2.24) is 9.97 Å². The second-order valence-corrected chi connectivity index (χ2v) is 4.41. The fraction of sp³-hybridized carbons (Fsp3) is 0.333. The zero-order valence-corrected chi connectivity index (χ0v) is 10.2. The van der Waals surface area contributed by atoms with E-state index < -0.39 is 11.7 Å². The van der Waals surface area contributed by atoms with E-state index in [9.17, 15) is 13.2 Å². The summed E-state index contributed by atoms with van der Waals surface area (Å²) in [6.07, 6.45) is -4.14. The molecule has 0 amide bonds. The maximum absolute atomic E-state index is 12.9. The van der Waals surface area contributed by atoms with Crippen molar-refractivity contribution in [2.75, 3.05) is 5.73 Å². The van der Waals surface area contributed by atoms with Gasteiger partial charge in [0.05, 0.1) is 16.8 Å². The number of nitrogens with zero attached hydrogens (tertiary/aromatic N) is 2. The van der Waals surface area contributed by atoms with Gasteiger partial charge < -0.3 is 11.5 Å². The van der Waals surface area contributed by atoms with E-state index in [0.29, 0.717) is 17.5 Å². The van der Waals surface area contributed by atoms with Crippen LogP contribution in [-0.4, -0.2) is 16.0 Å². The lowest BCUT2D eigenvalue weighted by Crippen LogP contribution is -2.19. The largest absolute Gasteiger partial charge is 0.418 e. The van der Waals surface area contributed by atoms with Gasteiger partial charge in [0, 0.05) is 17.8 Å². The average molecular weight is 270 g/mol.